The van der Waals surface area contributed by atoms with Gasteiger partial charge in [0.05, 0.1) is 12.2 Å². The molecule has 0 aliphatic heterocycles. The Labute approximate surface area is 101 Å². The largest absolute Gasteiger partial charge is 0.411 e. The number of hydrogen-bond acceptors (Lipinski definition) is 2. The molecular formula is C13H26O2Si. The molecule has 0 N–H and O–H groups in total. The van der Waals surface area contributed by atoms with Crippen molar-refractivity contribution < 1.29 is 9.16 Å². The quantitative estimate of drug-likeness (QED) is 0.554. The van der Waals surface area contributed by atoms with Crippen LogP contribution in [-0.4, -0.2) is 27.6 Å². The predicted molar refractivity (Wildman–Crippen MR) is 71.2 cm³/mol. The molecule has 0 saturated carbocycles. The summed E-state index contributed by atoms with van der Waals surface area (Å²) in [5, 5.41) is 0.291. The summed E-state index contributed by atoms with van der Waals surface area (Å²) in [6.07, 6.45) is 7.07. The molecule has 0 saturated heterocycles. The third-order valence-corrected chi connectivity index (χ3v) is 8.34. The van der Waals surface area contributed by atoms with E-state index in [4.69, 9.17) is 9.16 Å². The Hall–Kier alpha value is -0.123. The van der Waals surface area contributed by atoms with Gasteiger partial charge in [0, 0.05) is 7.11 Å². The van der Waals surface area contributed by atoms with Crippen LogP contribution in [0.3, 0.4) is 0 Å². The van der Waals surface area contributed by atoms with Crippen LogP contribution in [0.4, 0.5) is 0 Å². The highest BCUT2D eigenvalue weighted by atomic mass is 28.4. The third-order valence-electron chi connectivity index (χ3n) is 3.83. The average Bonchev–Trinajstić information content (AvgIpc) is 2.16. The second-order valence-electron chi connectivity index (χ2n) is 6.15. The van der Waals surface area contributed by atoms with Crippen molar-refractivity contribution in [1.82, 2.24) is 0 Å². The molecule has 0 heterocycles. The Morgan fingerprint density at radius 1 is 1.06 bits per heavy atom. The molecule has 1 aliphatic carbocycles. The zero-order chi connectivity index (χ0) is 12.4. The van der Waals surface area contributed by atoms with E-state index < -0.39 is 8.32 Å². The van der Waals surface area contributed by atoms with Crippen LogP contribution >= 0.6 is 0 Å². The molecule has 1 rings (SSSR count). The predicted octanol–water partition coefficient (Wildman–Crippen LogP) is 3.74. The van der Waals surface area contributed by atoms with Crippen molar-refractivity contribution in [2.24, 2.45) is 0 Å². The van der Waals surface area contributed by atoms with Crippen molar-refractivity contribution in [2.45, 2.75) is 64.0 Å². The van der Waals surface area contributed by atoms with Crippen molar-refractivity contribution in [2.75, 3.05) is 7.11 Å². The van der Waals surface area contributed by atoms with Crippen LogP contribution in [0, 0.1) is 0 Å². The Kier molecular flexibility index (Phi) is 4.38. The zero-order valence-electron chi connectivity index (χ0n) is 11.5. The molecule has 0 bridgehead atoms. The summed E-state index contributed by atoms with van der Waals surface area (Å²) in [4.78, 5) is 0. The highest BCUT2D eigenvalue weighted by Gasteiger charge is 2.39. The fourth-order valence-corrected chi connectivity index (χ4v) is 2.93. The van der Waals surface area contributed by atoms with E-state index in [1.807, 2.05) is 0 Å². The fourth-order valence-electron chi connectivity index (χ4n) is 1.62. The van der Waals surface area contributed by atoms with E-state index >= 15 is 0 Å². The number of methoxy groups -OCH3 is 1. The molecule has 0 aromatic heterocycles. The lowest BCUT2D eigenvalue weighted by molar-refractivity contribution is 0.104. The molecule has 0 aromatic carbocycles. The molecule has 1 aliphatic rings. The summed E-state index contributed by atoms with van der Waals surface area (Å²) in [7, 11) is 0.151. The van der Waals surface area contributed by atoms with Gasteiger partial charge in [0.25, 0.3) is 0 Å². The maximum atomic E-state index is 6.33. The first-order valence-corrected chi connectivity index (χ1v) is 9.06. The van der Waals surface area contributed by atoms with Crippen LogP contribution in [0.1, 0.15) is 33.6 Å². The molecule has 0 radical (unpaired) electrons. The smallest absolute Gasteiger partial charge is 0.192 e. The van der Waals surface area contributed by atoms with E-state index in [0.29, 0.717) is 17.2 Å². The lowest BCUT2D eigenvalue weighted by Gasteiger charge is -2.39. The van der Waals surface area contributed by atoms with Crippen LogP contribution in [0.25, 0.3) is 0 Å². The first-order valence-electron chi connectivity index (χ1n) is 6.15. The van der Waals surface area contributed by atoms with E-state index in [9.17, 15) is 0 Å². The van der Waals surface area contributed by atoms with Gasteiger partial charge >= 0.3 is 0 Å². The van der Waals surface area contributed by atoms with Crippen LogP contribution in [0.15, 0.2) is 12.2 Å². The van der Waals surface area contributed by atoms with E-state index in [-0.39, 0.29) is 0 Å². The maximum Gasteiger partial charge on any atom is 0.192 e. The van der Waals surface area contributed by atoms with Crippen molar-refractivity contribution >= 4 is 8.32 Å². The summed E-state index contributed by atoms with van der Waals surface area (Å²) in [5.74, 6) is 0. The normalized spacial score (nSPS) is 27.1. The van der Waals surface area contributed by atoms with E-state index in [1.165, 1.54) is 0 Å². The molecule has 2 nitrogen and oxygen atoms in total. The minimum atomic E-state index is -1.62. The molecule has 0 amide bonds. The third kappa shape index (κ3) is 3.44. The van der Waals surface area contributed by atoms with Crippen LogP contribution in [0.5, 0.6) is 0 Å². The van der Waals surface area contributed by atoms with Gasteiger partial charge in [-0.15, -0.1) is 0 Å². The van der Waals surface area contributed by atoms with Gasteiger partial charge in [-0.05, 0) is 31.0 Å². The molecule has 3 heteroatoms. The molecule has 0 fully saturated rings. The Morgan fingerprint density at radius 2 is 1.56 bits per heavy atom. The van der Waals surface area contributed by atoms with E-state index in [1.54, 1.807) is 7.11 Å². The van der Waals surface area contributed by atoms with Crippen molar-refractivity contribution in [1.29, 1.82) is 0 Å². The molecule has 2 atom stereocenters. The van der Waals surface area contributed by atoms with E-state index in [2.05, 4.69) is 46.0 Å². The zero-order valence-corrected chi connectivity index (χ0v) is 12.5. The average molecular weight is 242 g/mol. The fraction of sp³-hybridized carbons (Fsp3) is 0.846. The van der Waals surface area contributed by atoms with Crippen LogP contribution in [-0.2, 0) is 9.16 Å². The first kappa shape index (κ1) is 13.9. The lowest BCUT2D eigenvalue weighted by atomic mass is 10.0. The van der Waals surface area contributed by atoms with Gasteiger partial charge in [-0.25, -0.2) is 0 Å². The second-order valence-corrected chi connectivity index (χ2v) is 10.9. The molecule has 0 aromatic rings. The Morgan fingerprint density at radius 3 is 1.94 bits per heavy atom. The summed E-state index contributed by atoms with van der Waals surface area (Å²) >= 11 is 0. The Balaban J connectivity index is 2.57. The van der Waals surface area contributed by atoms with Crippen molar-refractivity contribution in [3.8, 4) is 0 Å². The lowest BCUT2D eigenvalue weighted by Crippen LogP contribution is -2.44. The second kappa shape index (κ2) is 5.03. The molecule has 16 heavy (non-hydrogen) atoms. The minimum Gasteiger partial charge on any atom is -0.411 e. The Bertz CT molecular complexity index is 253. The van der Waals surface area contributed by atoms with Gasteiger partial charge in [0.1, 0.15) is 0 Å². The minimum absolute atomic E-state index is 0.291. The summed E-state index contributed by atoms with van der Waals surface area (Å²) in [5.41, 5.74) is 0. The number of ether oxygens (including phenoxy) is 1. The monoisotopic (exact) mass is 242 g/mol. The molecule has 94 valence electrons. The SMILES string of the molecule is CO[C@@H]1C=C[C@@H](O[Si](C)(C)C(C)(C)C)CC1. The highest BCUT2D eigenvalue weighted by Crippen LogP contribution is 2.38. The number of hydrogen-bond donors (Lipinski definition) is 0. The van der Waals surface area contributed by atoms with Gasteiger partial charge in [-0.1, -0.05) is 32.9 Å². The van der Waals surface area contributed by atoms with Crippen LogP contribution < -0.4 is 0 Å². The van der Waals surface area contributed by atoms with Crippen molar-refractivity contribution in [3.63, 3.8) is 0 Å². The van der Waals surface area contributed by atoms with Gasteiger partial charge in [0.2, 0.25) is 0 Å². The molecular weight excluding hydrogens is 216 g/mol. The van der Waals surface area contributed by atoms with Gasteiger partial charge < -0.3 is 9.16 Å². The van der Waals surface area contributed by atoms with Gasteiger partial charge in [0.15, 0.2) is 8.32 Å². The first-order chi connectivity index (χ1) is 7.26. The topological polar surface area (TPSA) is 18.5 Å². The van der Waals surface area contributed by atoms with Crippen molar-refractivity contribution in [3.05, 3.63) is 12.2 Å². The van der Waals surface area contributed by atoms with Crippen LogP contribution in [0.2, 0.25) is 18.1 Å². The van der Waals surface area contributed by atoms with Gasteiger partial charge in [-0.3, -0.25) is 0 Å². The molecule has 0 unspecified atom stereocenters. The van der Waals surface area contributed by atoms with E-state index in [0.717, 1.165) is 12.8 Å². The number of rotatable bonds is 3. The van der Waals surface area contributed by atoms with Gasteiger partial charge in [-0.2, -0.15) is 0 Å². The standard InChI is InChI=1S/C13H26O2Si/c1-13(2,3)16(5,6)15-12-9-7-11(14-4)8-10-12/h7,9,11-12H,8,10H2,1-6H3/t11-,12-/m1/s1. The molecule has 0 spiro atoms. The highest BCUT2D eigenvalue weighted by molar-refractivity contribution is 6.74. The maximum absolute atomic E-state index is 6.33. The summed E-state index contributed by atoms with van der Waals surface area (Å²) in [6, 6.07) is 0. The summed E-state index contributed by atoms with van der Waals surface area (Å²) < 4.78 is 11.6. The summed E-state index contributed by atoms with van der Waals surface area (Å²) in [6.45, 7) is 11.5.